The van der Waals surface area contributed by atoms with Gasteiger partial charge in [-0.1, -0.05) is 248 Å². The Morgan fingerprint density at radius 1 is 0.318 bits per heavy atom. The Hall–Kier alpha value is -3.15. The van der Waals surface area contributed by atoms with Crippen LogP contribution in [0.15, 0.2) is 72.9 Å². The van der Waals surface area contributed by atoms with Gasteiger partial charge in [-0.25, -0.2) is 0 Å². The quantitative estimate of drug-likeness (QED) is 0.0262. The highest BCUT2D eigenvalue weighted by molar-refractivity contribution is 5.71. The van der Waals surface area contributed by atoms with E-state index in [1.165, 1.54) is 154 Å². The molecule has 0 aromatic rings. The van der Waals surface area contributed by atoms with Crippen molar-refractivity contribution in [3.63, 3.8) is 0 Å². The number of allylic oxidation sites excluding steroid dienone is 12. The molecule has 1 atom stereocenters. The van der Waals surface area contributed by atoms with Crippen molar-refractivity contribution in [2.45, 2.75) is 277 Å². The van der Waals surface area contributed by atoms with Crippen molar-refractivity contribution in [2.75, 3.05) is 13.2 Å². The Kier molecular flexibility index (Phi) is 51.9. The van der Waals surface area contributed by atoms with Gasteiger partial charge in [-0.05, 0) is 77.0 Å². The van der Waals surface area contributed by atoms with Crippen molar-refractivity contribution in [2.24, 2.45) is 0 Å². The van der Waals surface area contributed by atoms with Gasteiger partial charge in [-0.3, -0.25) is 14.4 Å². The minimum Gasteiger partial charge on any atom is -0.462 e. The second-order valence-electron chi connectivity index (χ2n) is 18.5. The first kappa shape index (κ1) is 62.8. The zero-order valence-corrected chi connectivity index (χ0v) is 43.4. The molecule has 1 unspecified atom stereocenters. The molecular formula is C60H104O6. The highest BCUT2D eigenvalue weighted by Gasteiger charge is 2.19. The fourth-order valence-electron chi connectivity index (χ4n) is 7.78. The maximum atomic E-state index is 12.8. The largest absolute Gasteiger partial charge is 0.462 e. The van der Waals surface area contributed by atoms with Crippen LogP contribution in [0.2, 0.25) is 0 Å². The summed E-state index contributed by atoms with van der Waals surface area (Å²) in [4.78, 5) is 38.0. The lowest BCUT2D eigenvalue weighted by molar-refractivity contribution is -0.166. The number of carbonyl (C=O) groups is 3. The van der Waals surface area contributed by atoms with E-state index in [1.54, 1.807) is 0 Å². The van der Waals surface area contributed by atoms with E-state index in [-0.39, 0.29) is 37.5 Å². The molecule has 380 valence electrons. The Labute approximate surface area is 408 Å². The molecule has 0 aliphatic heterocycles. The van der Waals surface area contributed by atoms with Crippen molar-refractivity contribution < 1.29 is 28.6 Å². The van der Waals surface area contributed by atoms with E-state index in [1.807, 2.05) is 12.2 Å². The van der Waals surface area contributed by atoms with Crippen LogP contribution in [0.1, 0.15) is 271 Å². The molecule has 0 bridgehead atoms. The van der Waals surface area contributed by atoms with Crippen molar-refractivity contribution in [1.29, 1.82) is 0 Å². The average molecular weight is 921 g/mol. The van der Waals surface area contributed by atoms with Crippen molar-refractivity contribution >= 4 is 17.9 Å². The standard InChI is InChI=1S/C60H104O6/c1-4-7-10-13-16-19-22-25-26-27-28-29-30-31-32-33-34-36-38-41-44-47-50-53-59(62)65-56-57(55-64-58(61)52-49-46-43-40-37-24-21-18-15-12-9-6-3)66-60(63)54-51-48-45-42-39-35-23-20-17-14-11-8-5-2/h8,11,17,20,22,25,27-28,35,39,45,48,57H,4-7,9-10,12-16,18-19,21,23-24,26,29-34,36-38,40-44,46-47,49-56H2,1-3H3/b11-8-,20-17-,25-22-,28-27-,39-35-,48-45-. The molecule has 0 aromatic heterocycles. The maximum absolute atomic E-state index is 12.8. The Bertz CT molecular complexity index is 1240. The van der Waals surface area contributed by atoms with Crippen LogP contribution < -0.4 is 0 Å². The number of rotatable bonds is 50. The van der Waals surface area contributed by atoms with Gasteiger partial charge in [0, 0.05) is 19.3 Å². The fraction of sp³-hybridized carbons (Fsp3) is 0.750. The van der Waals surface area contributed by atoms with Crippen LogP contribution in [0.5, 0.6) is 0 Å². The van der Waals surface area contributed by atoms with Crippen molar-refractivity contribution in [3.8, 4) is 0 Å². The lowest BCUT2D eigenvalue weighted by atomic mass is 10.0. The Morgan fingerprint density at radius 2 is 0.621 bits per heavy atom. The minimum absolute atomic E-state index is 0.102. The summed E-state index contributed by atoms with van der Waals surface area (Å²) in [6.07, 6.45) is 69.1. The Balaban J connectivity index is 4.33. The molecule has 0 radical (unpaired) electrons. The van der Waals surface area contributed by atoms with E-state index in [4.69, 9.17) is 14.2 Å². The molecule has 0 saturated carbocycles. The summed E-state index contributed by atoms with van der Waals surface area (Å²) in [5.74, 6) is -0.981. The summed E-state index contributed by atoms with van der Waals surface area (Å²) >= 11 is 0. The van der Waals surface area contributed by atoms with Crippen molar-refractivity contribution in [1.82, 2.24) is 0 Å². The van der Waals surface area contributed by atoms with E-state index in [9.17, 15) is 14.4 Å². The predicted molar refractivity (Wildman–Crippen MR) is 284 cm³/mol. The minimum atomic E-state index is -0.811. The van der Waals surface area contributed by atoms with Crippen molar-refractivity contribution in [3.05, 3.63) is 72.9 Å². The summed E-state index contributed by atoms with van der Waals surface area (Å²) in [7, 11) is 0. The summed E-state index contributed by atoms with van der Waals surface area (Å²) in [6.45, 7) is 6.46. The first-order valence-corrected chi connectivity index (χ1v) is 27.9. The van der Waals surface area contributed by atoms with Gasteiger partial charge in [0.05, 0.1) is 0 Å². The first-order valence-electron chi connectivity index (χ1n) is 27.9. The molecule has 0 aliphatic carbocycles. The molecule has 0 fully saturated rings. The smallest absolute Gasteiger partial charge is 0.306 e. The highest BCUT2D eigenvalue weighted by Crippen LogP contribution is 2.15. The highest BCUT2D eigenvalue weighted by atomic mass is 16.6. The third-order valence-corrected chi connectivity index (χ3v) is 12.0. The average Bonchev–Trinajstić information content (AvgIpc) is 3.31. The molecule has 0 heterocycles. The fourth-order valence-corrected chi connectivity index (χ4v) is 7.78. The van der Waals surface area contributed by atoms with Crippen LogP contribution in [0, 0.1) is 0 Å². The van der Waals surface area contributed by atoms with Gasteiger partial charge >= 0.3 is 17.9 Å². The number of hydrogen-bond acceptors (Lipinski definition) is 6. The van der Waals surface area contributed by atoms with Gasteiger partial charge in [0.1, 0.15) is 13.2 Å². The van der Waals surface area contributed by atoms with Gasteiger partial charge in [0.25, 0.3) is 0 Å². The van der Waals surface area contributed by atoms with E-state index >= 15 is 0 Å². The molecule has 0 N–H and O–H groups in total. The molecule has 0 spiro atoms. The van der Waals surface area contributed by atoms with E-state index in [2.05, 4.69) is 81.5 Å². The SMILES string of the molecule is CC/C=C\C/C=C\C/C=C\C/C=C\CCC(=O)OC(COC(=O)CCCCCCCCCCCCCC)COC(=O)CCCCCCCCCCCCC/C=C\C/C=C\CCCCCCC. The summed E-state index contributed by atoms with van der Waals surface area (Å²) < 4.78 is 16.7. The van der Waals surface area contributed by atoms with Crippen LogP contribution in [0.3, 0.4) is 0 Å². The third kappa shape index (κ3) is 51.8. The van der Waals surface area contributed by atoms with Gasteiger partial charge in [-0.2, -0.15) is 0 Å². The number of unbranched alkanes of at least 4 members (excludes halogenated alkanes) is 27. The topological polar surface area (TPSA) is 78.9 Å². The van der Waals surface area contributed by atoms with Crippen LogP contribution in [0.4, 0.5) is 0 Å². The van der Waals surface area contributed by atoms with Crippen LogP contribution in [-0.4, -0.2) is 37.2 Å². The monoisotopic (exact) mass is 921 g/mol. The van der Waals surface area contributed by atoms with Gasteiger partial charge < -0.3 is 14.2 Å². The Morgan fingerprint density at radius 3 is 0.985 bits per heavy atom. The zero-order valence-electron chi connectivity index (χ0n) is 43.4. The third-order valence-electron chi connectivity index (χ3n) is 12.0. The summed E-state index contributed by atoms with van der Waals surface area (Å²) in [5.41, 5.74) is 0. The molecule has 0 aromatic carbocycles. The van der Waals surface area contributed by atoms with E-state index < -0.39 is 6.10 Å². The maximum Gasteiger partial charge on any atom is 0.306 e. The van der Waals surface area contributed by atoms with E-state index in [0.717, 1.165) is 70.6 Å². The van der Waals surface area contributed by atoms with Crippen LogP contribution in [-0.2, 0) is 28.6 Å². The van der Waals surface area contributed by atoms with Gasteiger partial charge in [-0.15, -0.1) is 0 Å². The van der Waals surface area contributed by atoms with Crippen LogP contribution >= 0.6 is 0 Å². The number of esters is 3. The lowest BCUT2D eigenvalue weighted by Gasteiger charge is -2.18. The molecule has 0 saturated heterocycles. The molecule has 66 heavy (non-hydrogen) atoms. The molecule has 6 heteroatoms. The zero-order chi connectivity index (χ0) is 47.9. The van der Waals surface area contributed by atoms with Crippen LogP contribution in [0.25, 0.3) is 0 Å². The summed E-state index contributed by atoms with van der Waals surface area (Å²) in [5, 5.41) is 0. The second kappa shape index (κ2) is 54.5. The molecular weight excluding hydrogens is 817 g/mol. The molecule has 0 aliphatic rings. The molecule has 6 nitrogen and oxygen atoms in total. The second-order valence-corrected chi connectivity index (χ2v) is 18.5. The van der Waals surface area contributed by atoms with E-state index in [0.29, 0.717) is 19.3 Å². The number of ether oxygens (including phenoxy) is 3. The molecule has 0 rings (SSSR count). The summed E-state index contributed by atoms with van der Waals surface area (Å²) in [6, 6.07) is 0. The number of carbonyl (C=O) groups excluding carboxylic acids is 3. The normalized spacial score (nSPS) is 12.6. The lowest BCUT2D eigenvalue weighted by Crippen LogP contribution is -2.30. The predicted octanol–water partition coefficient (Wildman–Crippen LogP) is 18.6. The molecule has 0 amide bonds. The van der Waals surface area contributed by atoms with Gasteiger partial charge in [0.2, 0.25) is 0 Å². The van der Waals surface area contributed by atoms with Gasteiger partial charge in [0.15, 0.2) is 6.10 Å². The first-order chi connectivity index (χ1) is 32.5. The number of hydrogen-bond donors (Lipinski definition) is 0.